The van der Waals surface area contributed by atoms with Crippen LogP contribution in [0.4, 0.5) is 10.1 Å². The normalized spacial score (nSPS) is 23.2. The van der Waals surface area contributed by atoms with E-state index in [4.69, 9.17) is 17.3 Å². The van der Waals surface area contributed by atoms with Crippen molar-refractivity contribution in [2.24, 2.45) is 11.8 Å². The molecule has 0 radical (unpaired) electrons. The lowest BCUT2D eigenvalue weighted by Gasteiger charge is -2.28. The number of hydrogen-bond acceptors (Lipinski definition) is 3. The summed E-state index contributed by atoms with van der Waals surface area (Å²) in [6.45, 7) is 2.44. The number of nitrogens with two attached hydrogens (primary N) is 1. The van der Waals surface area contributed by atoms with Crippen molar-refractivity contribution in [2.45, 2.75) is 37.5 Å². The molecule has 1 fully saturated rings. The number of sulfonamides is 1. The summed E-state index contributed by atoms with van der Waals surface area (Å²) in [5, 5.41) is -0.290. The maximum absolute atomic E-state index is 13.9. The Morgan fingerprint density at radius 3 is 2.71 bits per heavy atom. The van der Waals surface area contributed by atoms with E-state index in [-0.39, 0.29) is 16.6 Å². The molecule has 2 rings (SSSR count). The maximum atomic E-state index is 13.9. The predicted octanol–water partition coefficient (Wildman–Crippen LogP) is 3.17. The minimum absolute atomic E-state index is 0.118. The van der Waals surface area contributed by atoms with E-state index >= 15 is 0 Å². The molecule has 0 bridgehead atoms. The van der Waals surface area contributed by atoms with E-state index in [0.717, 1.165) is 25.3 Å². The summed E-state index contributed by atoms with van der Waals surface area (Å²) in [6.07, 6.45) is 4.38. The molecular weight excluding hydrogens is 315 g/mol. The van der Waals surface area contributed by atoms with Crippen molar-refractivity contribution in [1.29, 1.82) is 0 Å². The third-order valence-corrected chi connectivity index (χ3v) is 5.83. The molecule has 0 amide bonds. The Labute approximate surface area is 129 Å². The van der Waals surface area contributed by atoms with E-state index in [0.29, 0.717) is 12.5 Å². The van der Waals surface area contributed by atoms with Crippen LogP contribution in [0.5, 0.6) is 0 Å². The quantitative estimate of drug-likeness (QED) is 0.831. The van der Waals surface area contributed by atoms with E-state index in [1.54, 1.807) is 0 Å². The van der Waals surface area contributed by atoms with Gasteiger partial charge in [-0.3, -0.25) is 0 Å². The van der Waals surface area contributed by atoms with Crippen LogP contribution in [0.1, 0.15) is 32.6 Å². The number of anilines is 1. The van der Waals surface area contributed by atoms with Crippen LogP contribution in [-0.2, 0) is 10.0 Å². The van der Waals surface area contributed by atoms with Gasteiger partial charge in [0.2, 0.25) is 10.0 Å². The first-order chi connectivity index (χ1) is 9.81. The van der Waals surface area contributed by atoms with E-state index < -0.39 is 20.7 Å². The molecule has 7 heteroatoms. The van der Waals surface area contributed by atoms with Crippen LogP contribution in [0.25, 0.3) is 0 Å². The first-order valence-corrected chi connectivity index (χ1v) is 8.91. The van der Waals surface area contributed by atoms with Gasteiger partial charge in [-0.25, -0.2) is 17.5 Å². The molecule has 0 aliphatic heterocycles. The van der Waals surface area contributed by atoms with Crippen LogP contribution in [0.3, 0.4) is 0 Å². The van der Waals surface area contributed by atoms with Crippen LogP contribution < -0.4 is 10.5 Å². The molecule has 1 aliphatic carbocycles. The molecule has 1 aliphatic rings. The third kappa shape index (κ3) is 3.87. The number of nitrogens with one attached hydrogen (secondary N) is 1. The second kappa shape index (κ2) is 6.50. The first-order valence-electron chi connectivity index (χ1n) is 7.05. The van der Waals surface area contributed by atoms with Gasteiger partial charge in [0, 0.05) is 12.2 Å². The number of halogens is 2. The van der Waals surface area contributed by atoms with E-state index in [1.807, 2.05) is 0 Å². The Kier molecular flexibility index (Phi) is 5.11. The highest BCUT2D eigenvalue weighted by Crippen LogP contribution is 2.30. The molecule has 1 saturated carbocycles. The minimum atomic E-state index is -3.95. The SMILES string of the molecule is CC1CCCCC1CNS(=O)(=O)c1cc(N)cc(Cl)c1F. The van der Waals surface area contributed by atoms with Crippen molar-refractivity contribution in [2.75, 3.05) is 12.3 Å². The summed E-state index contributed by atoms with van der Waals surface area (Å²) < 4.78 is 40.9. The second-order valence-corrected chi connectivity index (χ2v) is 7.83. The molecule has 0 aromatic heterocycles. The summed E-state index contributed by atoms with van der Waals surface area (Å²) in [5.74, 6) is -0.209. The van der Waals surface area contributed by atoms with Gasteiger partial charge >= 0.3 is 0 Å². The predicted molar refractivity (Wildman–Crippen MR) is 82.1 cm³/mol. The van der Waals surface area contributed by atoms with E-state index in [2.05, 4.69) is 11.6 Å². The average Bonchev–Trinajstić information content (AvgIpc) is 2.42. The zero-order chi connectivity index (χ0) is 15.6. The molecule has 1 aromatic carbocycles. The average molecular weight is 335 g/mol. The highest BCUT2D eigenvalue weighted by Gasteiger charge is 2.26. The van der Waals surface area contributed by atoms with Crippen molar-refractivity contribution >= 4 is 27.3 Å². The summed E-state index contributed by atoms with van der Waals surface area (Å²) in [5.41, 5.74) is 5.66. The fraction of sp³-hybridized carbons (Fsp3) is 0.571. The largest absolute Gasteiger partial charge is 0.399 e. The van der Waals surface area contributed by atoms with Gasteiger partial charge in [-0.2, -0.15) is 0 Å². The van der Waals surface area contributed by atoms with Crippen molar-refractivity contribution in [3.05, 3.63) is 23.0 Å². The van der Waals surface area contributed by atoms with Gasteiger partial charge in [0.15, 0.2) is 5.82 Å². The standard InChI is InChI=1S/C14H20ClFN2O2S/c1-9-4-2-3-5-10(9)8-18-21(19,20)13-7-11(17)6-12(15)14(13)16/h6-7,9-10,18H,2-5,8,17H2,1H3. The van der Waals surface area contributed by atoms with Crippen molar-refractivity contribution in [3.63, 3.8) is 0 Å². The van der Waals surface area contributed by atoms with Gasteiger partial charge in [0.25, 0.3) is 0 Å². The highest BCUT2D eigenvalue weighted by atomic mass is 35.5. The molecule has 4 nitrogen and oxygen atoms in total. The lowest BCUT2D eigenvalue weighted by Crippen LogP contribution is -2.33. The van der Waals surface area contributed by atoms with Gasteiger partial charge in [-0.1, -0.05) is 37.8 Å². The molecule has 118 valence electrons. The molecule has 0 saturated heterocycles. The first kappa shape index (κ1) is 16.5. The van der Waals surface area contributed by atoms with Gasteiger partial charge in [0.1, 0.15) is 4.90 Å². The van der Waals surface area contributed by atoms with Crippen molar-refractivity contribution < 1.29 is 12.8 Å². The van der Waals surface area contributed by atoms with Gasteiger partial charge in [-0.05, 0) is 30.4 Å². The molecule has 0 heterocycles. The highest BCUT2D eigenvalue weighted by molar-refractivity contribution is 7.89. The van der Waals surface area contributed by atoms with Crippen LogP contribution in [0.15, 0.2) is 17.0 Å². The molecule has 2 unspecified atom stereocenters. The van der Waals surface area contributed by atoms with Crippen molar-refractivity contribution in [3.8, 4) is 0 Å². The van der Waals surface area contributed by atoms with Crippen LogP contribution in [0, 0.1) is 17.7 Å². The number of hydrogen-bond donors (Lipinski definition) is 2. The minimum Gasteiger partial charge on any atom is -0.399 e. The topological polar surface area (TPSA) is 72.2 Å². The van der Waals surface area contributed by atoms with E-state index in [9.17, 15) is 12.8 Å². The molecule has 1 aromatic rings. The lowest BCUT2D eigenvalue weighted by atomic mass is 9.81. The Morgan fingerprint density at radius 2 is 2.05 bits per heavy atom. The van der Waals surface area contributed by atoms with Gasteiger partial charge in [-0.15, -0.1) is 0 Å². The van der Waals surface area contributed by atoms with Crippen molar-refractivity contribution in [1.82, 2.24) is 4.72 Å². The molecule has 3 N–H and O–H groups in total. The smallest absolute Gasteiger partial charge is 0.243 e. The lowest BCUT2D eigenvalue weighted by molar-refractivity contribution is 0.257. The zero-order valence-corrected chi connectivity index (χ0v) is 13.5. The van der Waals surface area contributed by atoms with Crippen LogP contribution in [0.2, 0.25) is 5.02 Å². The van der Waals surface area contributed by atoms with Crippen LogP contribution >= 0.6 is 11.6 Å². The fourth-order valence-electron chi connectivity index (χ4n) is 2.77. The monoisotopic (exact) mass is 334 g/mol. The summed E-state index contributed by atoms with van der Waals surface area (Å²) in [7, 11) is -3.95. The summed E-state index contributed by atoms with van der Waals surface area (Å²) >= 11 is 5.65. The maximum Gasteiger partial charge on any atom is 0.243 e. The molecule has 2 atom stereocenters. The fourth-order valence-corrected chi connectivity index (χ4v) is 4.28. The summed E-state index contributed by atoms with van der Waals surface area (Å²) in [6, 6.07) is 2.28. The Balaban J connectivity index is 2.15. The zero-order valence-electron chi connectivity index (χ0n) is 11.9. The van der Waals surface area contributed by atoms with E-state index in [1.165, 1.54) is 12.5 Å². The summed E-state index contributed by atoms with van der Waals surface area (Å²) in [4.78, 5) is -0.490. The third-order valence-electron chi connectivity index (χ3n) is 4.13. The Morgan fingerprint density at radius 1 is 1.38 bits per heavy atom. The molecular formula is C14H20ClFN2O2S. The second-order valence-electron chi connectivity index (χ2n) is 5.69. The number of benzene rings is 1. The number of nitrogen functional groups attached to an aromatic ring is 1. The van der Waals surface area contributed by atoms with Gasteiger partial charge < -0.3 is 5.73 Å². The van der Waals surface area contributed by atoms with Crippen LogP contribution in [-0.4, -0.2) is 15.0 Å². The Hall–Kier alpha value is -0.850. The molecule has 21 heavy (non-hydrogen) atoms. The molecule has 0 spiro atoms. The Bertz CT molecular complexity index is 622. The number of rotatable bonds is 4. The van der Waals surface area contributed by atoms with Gasteiger partial charge in [0.05, 0.1) is 5.02 Å².